The van der Waals surface area contributed by atoms with Gasteiger partial charge in [0.25, 0.3) is 0 Å². The first-order chi connectivity index (χ1) is 28.1. The zero-order valence-electron chi connectivity index (χ0n) is 32.2. The normalized spacial score (nSPS) is 10.6. The second-order valence-electron chi connectivity index (χ2n) is 12.8. The quantitative estimate of drug-likeness (QED) is 0.0181. The minimum atomic E-state index is -0.525. The van der Waals surface area contributed by atoms with Gasteiger partial charge in [0.2, 0.25) is 5.91 Å². The average molecular weight is 796 g/mol. The van der Waals surface area contributed by atoms with Gasteiger partial charge in [-0.05, 0) is 116 Å². The number of carbonyl (C=O) groups excluding carboxylic acids is 4. The molecule has 15 heteroatoms. The number of amidine groups is 2. The molecule has 15 nitrogen and oxygen atoms in total. The number of nitrogens with two attached hydrogens (primary N) is 2. The minimum Gasteiger partial charge on any atom is -0.494 e. The van der Waals surface area contributed by atoms with Gasteiger partial charge < -0.3 is 45.2 Å². The number of carbonyl (C=O) groups is 4. The van der Waals surface area contributed by atoms with Crippen LogP contribution in [-0.2, 0) is 19.1 Å². The number of ketones is 1. The van der Waals surface area contributed by atoms with Crippen LogP contribution in [0.15, 0.2) is 97.1 Å². The molecule has 4 aromatic rings. The van der Waals surface area contributed by atoms with Gasteiger partial charge in [-0.15, -0.1) is 0 Å². The van der Waals surface area contributed by atoms with Crippen LogP contribution >= 0.6 is 0 Å². The summed E-state index contributed by atoms with van der Waals surface area (Å²) in [6.07, 6.45) is 2.91. The summed E-state index contributed by atoms with van der Waals surface area (Å²) in [6, 6.07) is 25.8. The van der Waals surface area contributed by atoms with E-state index in [1.54, 1.807) is 97.1 Å². The molecular formula is C43H49N5O10. The molecule has 0 heterocycles. The summed E-state index contributed by atoms with van der Waals surface area (Å²) in [5.74, 6) is 0.661. The van der Waals surface area contributed by atoms with Crippen molar-refractivity contribution in [3.63, 3.8) is 0 Å². The van der Waals surface area contributed by atoms with Crippen molar-refractivity contribution in [2.24, 2.45) is 11.5 Å². The smallest absolute Gasteiger partial charge is 0.343 e. The van der Waals surface area contributed by atoms with Crippen molar-refractivity contribution in [2.45, 2.75) is 38.5 Å². The standard InChI is InChI=1S/C43H49N5O10/c44-40(45)30-5-17-37(18-6-30)57-42(51)32-9-13-35(14-10-32)55-24-2-1-4-34(49)21-26-53-28-29-54-27-22-39(50)48-23-3-25-56-36-15-11-33(12-16-36)43(52)58-38-19-7-31(8-20-38)41(46)47/h5-20H,1-4,21-29H2,(H3,44,45)(H3,46,47)(H,48,50). The van der Waals surface area contributed by atoms with Crippen molar-refractivity contribution < 1.29 is 47.6 Å². The molecule has 0 unspecified atom stereocenters. The van der Waals surface area contributed by atoms with E-state index in [0.29, 0.717) is 117 Å². The number of esters is 2. The summed E-state index contributed by atoms with van der Waals surface area (Å²) in [4.78, 5) is 49.1. The number of hydrogen-bond donors (Lipinski definition) is 5. The van der Waals surface area contributed by atoms with Gasteiger partial charge in [-0.1, -0.05) is 0 Å². The molecule has 0 aliphatic heterocycles. The highest BCUT2D eigenvalue weighted by Crippen LogP contribution is 2.19. The highest BCUT2D eigenvalue weighted by atomic mass is 16.5. The van der Waals surface area contributed by atoms with E-state index in [-0.39, 0.29) is 36.4 Å². The zero-order valence-corrected chi connectivity index (χ0v) is 32.2. The second kappa shape index (κ2) is 24.1. The molecule has 0 fully saturated rings. The minimum absolute atomic E-state index is 0.0668. The average Bonchev–Trinajstić information content (AvgIpc) is 3.22. The molecule has 4 rings (SSSR count). The van der Waals surface area contributed by atoms with Gasteiger partial charge in [-0.2, -0.15) is 0 Å². The Kier molecular flexibility index (Phi) is 18.4. The molecular weight excluding hydrogens is 746 g/mol. The largest absolute Gasteiger partial charge is 0.494 e. The summed E-state index contributed by atoms with van der Waals surface area (Å²) in [5.41, 5.74) is 12.7. The van der Waals surface area contributed by atoms with Crippen LogP contribution in [0.25, 0.3) is 0 Å². The van der Waals surface area contributed by atoms with Crippen molar-refractivity contribution in [1.82, 2.24) is 5.32 Å². The maximum Gasteiger partial charge on any atom is 0.343 e. The number of benzene rings is 4. The van der Waals surface area contributed by atoms with Crippen LogP contribution in [0, 0.1) is 10.8 Å². The SMILES string of the molecule is N=C(N)c1ccc(OC(=O)c2ccc(OCCCCC(=O)CCOCCOCCC(=O)NCCCOc3ccc(C(=O)Oc4ccc(C(=N)N)cc4)cc3)cc2)cc1. The third-order valence-corrected chi connectivity index (χ3v) is 8.33. The Morgan fingerprint density at radius 3 is 1.34 bits per heavy atom. The number of unbranched alkanes of at least 4 members (excludes halogenated alkanes) is 1. The molecule has 306 valence electrons. The first kappa shape index (κ1) is 44.1. The van der Waals surface area contributed by atoms with Crippen LogP contribution in [0.2, 0.25) is 0 Å². The van der Waals surface area contributed by atoms with Crippen LogP contribution in [0.1, 0.15) is 70.4 Å². The summed E-state index contributed by atoms with van der Waals surface area (Å²) in [5, 5.41) is 17.7. The van der Waals surface area contributed by atoms with E-state index in [1.807, 2.05) is 0 Å². The Balaban J connectivity index is 0.925. The maximum atomic E-state index is 12.4. The monoisotopic (exact) mass is 795 g/mol. The predicted octanol–water partition coefficient (Wildman–Crippen LogP) is 5.21. The van der Waals surface area contributed by atoms with Gasteiger partial charge in [-0.3, -0.25) is 20.4 Å². The number of hydrogen-bond acceptors (Lipinski definition) is 12. The van der Waals surface area contributed by atoms with Gasteiger partial charge in [0.15, 0.2) is 0 Å². The van der Waals surface area contributed by atoms with Crippen LogP contribution in [0.5, 0.6) is 23.0 Å². The first-order valence-electron chi connectivity index (χ1n) is 18.8. The summed E-state index contributed by atoms with van der Waals surface area (Å²) in [6.45, 7) is 2.43. The fourth-order valence-corrected chi connectivity index (χ4v) is 5.10. The summed E-state index contributed by atoms with van der Waals surface area (Å²) >= 11 is 0. The van der Waals surface area contributed by atoms with E-state index in [9.17, 15) is 19.2 Å². The number of ether oxygens (including phenoxy) is 6. The third-order valence-electron chi connectivity index (χ3n) is 8.33. The van der Waals surface area contributed by atoms with Crippen molar-refractivity contribution in [3.8, 4) is 23.0 Å². The van der Waals surface area contributed by atoms with Crippen LogP contribution in [0.3, 0.4) is 0 Å². The molecule has 0 radical (unpaired) electrons. The lowest BCUT2D eigenvalue weighted by molar-refractivity contribution is -0.123. The molecule has 1 amide bonds. The van der Waals surface area contributed by atoms with Gasteiger partial charge in [0.05, 0.1) is 50.8 Å². The van der Waals surface area contributed by atoms with E-state index in [4.69, 9.17) is 50.7 Å². The molecule has 58 heavy (non-hydrogen) atoms. The van der Waals surface area contributed by atoms with E-state index in [0.717, 1.165) is 0 Å². The molecule has 0 atom stereocenters. The van der Waals surface area contributed by atoms with Gasteiger partial charge in [-0.25, -0.2) is 9.59 Å². The molecule has 4 aromatic carbocycles. The lowest BCUT2D eigenvalue weighted by atomic mass is 10.1. The molecule has 0 saturated carbocycles. The topological polar surface area (TPSA) is 235 Å². The zero-order chi connectivity index (χ0) is 41.5. The molecule has 7 N–H and O–H groups in total. The van der Waals surface area contributed by atoms with E-state index in [2.05, 4.69) is 5.32 Å². The second-order valence-corrected chi connectivity index (χ2v) is 12.8. The number of nitrogen functional groups attached to an aromatic ring is 2. The number of rotatable bonds is 26. The van der Waals surface area contributed by atoms with Crippen LogP contribution < -0.4 is 35.7 Å². The van der Waals surface area contributed by atoms with Crippen molar-refractivity contribution in [3.05, 3.63) is 119 Å². The number of nitrogens with one attached hydrogen (secondary N) is 3. The summed E-state index contributed by atoms with van der Waals surface area (Å²) in [7, 11) is 0. The van der Waals surface area contributed by atoms with Gasteiger partial charge in [0, 0.05) is 36.9 Å². The van der Waals surface area contributed by atoms with E-state index < -0.39 is 11.9 Å². The highest BCUT2D eigenvalue weighted by molar-refractivity contribution is 5.96. The fourth-order valence-electron chi connectivity index (χ4n) is 5.10. The number of amides is 1. The Morgan fingerprint density at radius 1 is 0.466 bits per heavy atom. The van der Waals surface area contributed by atoms with Crippen molar-refractivity contribution in [2.75, 3.05) is 46.2 Å². The molecule has 0 bridgehead atoms. The lowest BCUT2D eigenvalue weighted by Gasteiger charge is -2.09. The Hall–Kier alpha value is -6.58. The molecule has 0 aliphatic carbocycles. The highest BCUT2D eigenvalue weighted by Gasteiger charge is 2.11. The molecule has 0 saturated heterocycles. The Bertz CT molecular complexity index is 1810. The Labute approximate surface area is 336 Å². The lowest BCUT2D eigenvalue weighted by Crippen LogP contribution is -2.26. The van der Waals surface area contributed by atoms with Crippen molar-refractivity contribution >= 4 is 35.3 Å². The predicted molar refractivity (Wildman–Crippen MR) is 216 cm³/mol. The fraction of sp³-hybridized carbons (Fsp3) is 0.302. The molecule has 0 aromatic heterocycles. The molecule has 0 aliphatic rings. The summed E-state index contributed by atoms with van der Waals surface area (Å²) < 4.78 is 33.1. The third kappa shape index (κ3) is 16.3. The Morgan fingerprint density at radius 2 is 0.879 bits per heavy atom. The van der Waals surface area contributed by atoms with E-state index >= 15 is 0 Å². The molecule has 0 spiro atoms. The van der Waals surface area contributed by atoms with Crippen molar-refractivity contribution in [1.29, 1.82) is 10.8 Å². The first-order valence-corrected chi connectivity index (χ1v) is 18.8. The van der Waals surface area contributed by atoms with Crippen LogP contribution in [0.4, 0.5) is 0 Å². The van der Waals surface area contributed by atoms with Gasteiger partial charge >= 0.3 is 11.9 Å². The number of Topliss-reactive ketones (excluding diaryl/α,β-unsaturated/α-hetero) is 1. The van der Waals surface area contributed by atoms with E-state index in [1.165, 1.54) is 0 Å². The van der Waals surface area contributed by atoms with Gasteiger partial charge in [0.1, 0.15) is 40.5 Å². The maximum absolute atomic E-state index is 12.4. The van der Waals surface area contributed by atoms with Crippen LogP contribution in [-0.4, -0.2) is 81.5 Å².